The van der Waals surface area contributed by atoms with E-state index in [2.05, 4.69) is 91.2 Å². The Kier molecular flexibility index (Phi) is 9.62. The van der Waals surface area contributed by atoms with Crippen molar-refractivity contribution >= 4 is 23.0 Å². The molecule has 0 spiro atoms. The second-order valence-corrected chi connectivity index (χ2v) is 12.5. The van der Waals surface area contributed by atoms with Crippen LogP contribution in [0.1, 0.15) is 47.9 Å². The van der Waals surface area contributed by atoms with Crippen LogP contribution in [0.4, 0.5) is 11.4 Å². The van der Waals surface area contributed by atoms with Gasteiger partial charge >= 0.3 is 0 Å². The molecule has 2 aliphatic heterocycles. The summed E-state index contributed by atoms with van der Waals surface area (Å²) in [4.78, 5) is 7.01. The Balaban J connectivity index is 0.000000164. The third-order valence-electron chi connectivity index (χ3n) is 9.68. The third kappa shape index (κ3) is 6.48. The first-order valence-corrected chi connectivity index (χ1v) is 16.2. The summed E-state index contributed by atoms with van der Waals surface area (Å²) in [6, 6.07) is 33.2. The van der Waals surface area contributed by atoms with Gasteiger partial charge in [-0.2, -0.15) is 5.10 Å². The van der Waals surface area contributed by atoms with Gasteiger partial charge < -0.3 is 10.6 Å². The first-order valence-electron chi connectivity index (χ1n) is 15.8. The predicted molar refractivity (Wildman–Crippen MR) is 187 cm³/mol. The number of hydrogen-bond acceptors (Lipinski definition) is 3. The van der Waals surface area contributed by atoms with Gasteiger partial charge in [-0.15, -0.1) is 0 Å². The van der Waals surface area contributed by atoms with Crippen LogP contribution in [0.5, 0.6) is 0 Å². The number of aromatic nitrogens is 2. The maximum absolute atomic E-state index is 7.17. The Morgan fingerprint density at radius 2 is 0.935 bits per heavy atom. The molecule has 46 heavy (non-hydrogen) atoms. The lowest BCUT2D eigenvalue weighted by Crippen LogP contribution is -2.40. The van der Waals surface area contributed by atoms with Gasteiger partial charge in [-0.25, -0.2) is 9.69 Å². The van der Waals surface area contributed by atoms with Gasteiger partial charge in [0.25, 0.3) is 0 Å². The first-order chi connectivity index (χ1) is 22.6. The molecular weight excluding hydrogens is 588 g/mol. The molecule has 7 heteroatoms. The molecule has 3 heterocycles. The molecule has 0 aliphatic carbocycles. The van der Waals surface area contributed by atoms with Gasteiger partial charge in [-0.3, -0.25) is 5.10 Å². The van der Waals surface area contributed by atoms with Gasteiger partial charge in [0.1, 0.15) is 0 Å². The van der Waals surface area contributed by atoms with Crippen LogP contribution in [0.25, 0.3) is 20.8 Å². The summed E-state index contributed by atoms with van der Waals surface area (Å²) >= 11 is 6.04. The Labute approximate surface area is 276 Å². The maximum atomic E-state index is 7.17. The fraction of sp³-hybridized carbons (Fsp3) is 0.256. The van der Waals surface area contributed by atoms with E-state index in [-0.39, 0.29) is 10.8 Å². The Morgan fingerprint density at radius 1 is 0.543 bits per heavy atom. The van der Waals surface area contributed by atoms with E-state index in [1.54, 1.807) is 0 Å². The lowest BCUT2D eigenvalue weighted by atomic mass is 9.68. The second kappa shape index (κ2) is 14.1. The van der Waals surface area contributed by atoms with Crippen LogP contribution >= 0.6 is 11.6 Å². The molecular formula is C39H37ClN6. The van der Waals surface area contributed by atoms with Crippen molar-refractivity contribution in [3.63, 3.8) is 0 Å². The standard InChI is InChI=1S/C21H20N4.C18H17ClN2/c1-22-20-8-6-19(7-9-20)21(10-12-23-13-11-21)18-4-2-16(3-5-18)17-14-24-25-15-17;1-20-17-8-4-15(5-9-17)18(10-12-21-13-11-18)14-2-6-16(19)7-3-14/h2-9,14-15,23H,10-13H2,(H,24,25);2-9,21H,10-13H2. The third-order valence-corrected chi connectivity index (χ3v) is 9.93. The van der Waals surface area contributed by atoms with E-state index in [0.29, 0.717) is 11.4 Å². The lowest BCUT2D eigenvalue weighted by Gasteiger charge is -2.39. The highest BCUT2D eigenvalue weighted by Gasteiger charge is 2.36. The molecule has 0 amide bonds. The number of H-pyrrole nitrogens is 1. The molecule has 2 fully saturated rings. The molecule has 3 N–H and O–H groups in total. The Bertz CT molecular complexity index is 1790. The SMILES string of the molecule is [C-]#[N+]c1ccc(C2(c3ccc(-c4cn[nH]c4)cc3)CCNCC2)cc1.[C-]#[N+]c1ccc(C2(c3ccc(Cl)cc3)CCNCC2)cc1. The molecule has 7 rings (SSSR count). The number of aromatic amines is 1. The van der Waals surface area contributed by atoms with E-state index in [0.717, 1.165) is 62.4 Å². The largest absolute Gasteiger partial charge is 0.317 e. The van der Waals surface area contributed by atoms with Crippen molar-refractivity contribution in [1.29, 1.82) is 0 Å². The Hall–Kier alpha value is -4.72. The van der Waals surface area contributed by atoms with Crippen LogP contribution in [0.2, 0.25) is 5.02 Å². The fourth-order valence-corrected chi connectivity index (χ4v) is 7.19. The minimum atomic E-state index is 0.0146. The zero-order valence-corrected chi connectivity index (χ0v) is 26.5. The predicted octanol–water partition coefficient (Wildman–Crippen LogP) is 8.86. The number of benzene rings is 4. The van der Waals surface area contributed by atoms with Crippen molar-refractivity contribution in [2.75, 3.05) is 26.2 Å². The number of rotatable bonds is 5. The maximum Gasteiger partial charge on any atom is 0.187 e. The summed E-state index contributed by atoms with van der Waals surface area (Å²) in [6.07, 6.45) is 8.01. The zero-order chi connectivity index (χ0) is 31.8. The number of halogens is 1. The normalized spacial score (nSPS) is 16.7. The highest BCUT2D eigenvalue weighted by molar-refractivity contribution is 6.30. The van der Waals surface area contributed by atoms with Crippen LogP contribution in [0.15, 0.2) is 109 Å². The zero-order valence-electron chi connectivity index (χ0n) is 25.8. The molecule has 1 aromatic heterocycles. The van der Waals surface area contributed by atoms with Gasteiger partial charge in [0, 0.05) is 27.6 Å². The van der Waals surface area contributed by atoms with Crippen molar-refractivity contribution in [1.82, 2.24) is 20.8 Å². The summed E-state index contributed by atoms with van der Waals surface area (Å²) in [5.74, 6) is 0. The van der Waals surface area contributed by atoms with Crippen molar-refractivity contribution in [3.8, 4) is 11.1 Å². The lowest BCUT2D eigenvalue weighted by molar-refractivity contribution is 0.362. The summed E-state index contributed by atoms with van der Waals surface area (Å²) in [5, 5.41) is 14.6. The van der Waals surface area contributed by atoms with E-state index in [4.69, 9.17) is 24.7 Å². The summed E-state index contributed by atoms with van der Waals surface area (Å²) < 4.78 is 0. The topological polar surface area (TPSA) is 61.5 Å². The monoisotopic (exact) mass is 624 g/mol. The average molecular weight is 625 g/mol. The molecule has 2 aliphatic rings. The molecule has 0 unspecified atom stereocenters. The molecule has 0 radical (unpaired) electrons. The molecule has 0 bridgehead atoms. The number of piperidine rings is 2. The highest BCUT2D eigenvalue weighted by Crippen LogP contribution is 2.42. The molecule has 0 atom stereocenters. The van der Waals surface area contributed by atoms with Crippen molar-refractivity contribution in [2.45, 2.75) is 36.5 Å². The van der Waals surface area contributed by atoms with E-state index >= 15 is 0 Å². The van der Waals surface area contributed by atoms with Gasteiger partial charge in [0.05, 0.1) is 19.3 Å². The smallest absolute Gasteiger partial charge is 0.187 e. The van der Waals surface area contributed by atoms with E-state index in [9.17, 15) is 0 Å². The van der Waals surface area contributed by atoms with E-state index in [1.165, 1.54) is 27.8 Å². The molecule has 230 valence electrons. The van der Waals surface area contributed by atoms with Crippen molar-refractivity contribution < 1.29 is 0 Å². The van der Waals surface area contributed by atoms with Crippen LogP contribution in [0, 0.1) is 13.1 Å². The van der Waals surface area contributed by atoms with E-state index < -0.39 is 0 Å². The highest BCUT2D eigenvalue weighted by atomic mass is 35.5. The molecule has 6 nitrogen and oxygen atoms in total. The van der Waals surface area contributed by atoms with E-state index in [1.807, 2.05) is 48.8 Å². The summed E-state index contributed by atoms with van der Waals surface area (Å²) in [5.41, 5.74) is 8.95. The Morgan fingerprint density at radius 3 is 1.30 bits per heavy atom. The van der Waals surface area contributed by atoms with Crippen LogP contribution in [-0.4, -0.2) is 36.4 Å². The van der Waals surface area contributed by atoms with Gasteiger partial charge in [0.15, 0.2) is 11.4 Å². The van der Waals surface area contributed by atoms with Crippen LogP contribution < -0.4 is 10.6 Å². The van der Waals surface area contributed by atoms with Gasteiger partial charge in [0.2, 0.25) is 0 Å². The minimum absolute atomic E-state index is 0.0146. The summed E-state index contributed by atoms with van der Waals surface area (Å²) in [6.45, 7) is 18.3. The summed E-state index contributed by atoms with van der Waals surface area (Å²) in [7, 11) is 0. The second-order valence-electron chi connectivity index (χ2n) is 12.1. The fourth-order valence-electron chi connectivity index (χ4n) is 7.06. The van der Waals surface area contributed by atoms with Crippen molar-refractivity contribution in [3.05, 3.63) is 160 Å². The average Bonchev–Trinajstić information content (AvgIpc) is 3.68. The van der Waals surface area contributed by atoms with Crippen LogP contribution in [0.3, 0.4) is 0 Å². The van der Waals surface area contributed by atoms with Crippen molar-refractivity contribution in [2.24, 2.45) is 0 Å². The number of nitrogens with zero attached hydrogens (tertiary/aromatic N) is 3. The number of nitrogens with one attached hydrogen (secondary N) is 3. The first kappa shape index (κ1) is 31.3. The molecule has 2 saturated heterocycles. The number of hydrogen-bond donors (Lipinski definition) is 3. The quantitative estimate of drug-likeness (QED) is 0.171. The van der Waals surface area contributed by atoms with Gasteiger partial charge in [-0.05, 0) is 91.8 Å². The van der Waals surface area contributed by atoms with Crippen LogP contribution in [-0.2, 0) is 10.8 Å². The molecule has 0 saturated carbocycles. The molecule has 5 aromatic rings. The molecule has 4 aromatic carbocycles. The van der Waals surface area contributed by atoms with Gasteiger partial charge in [-0.1, -0.05) is 96.5 Å². The minimum Gasteiger partial charge on any atom is -0.317 e.